The molecule has 0 aliphatic heterocycles. The minimum Gasteiger partial charge on any atom is -0.480 e. The highest BCUT2D eigenvalue weighted by Crippen LogP contribution is 2.39. The summed E-state index contributed by atoms with van der Waals surface area (Å²) in [4.78, 5) is 21.9. The molecule has 1 aliphatic carbocycles. The average Bonchev–Trinajstić information content (AvgIpc) is 2.76. The number of fused-ring (bicyclic) bond motifs is 3. The predicted octanol–water partition coefficient (Wildman–Crippen LogP) is 2.70. The minimum atomic E-state index is -0.880. The third kappa shape index (κ3) is 2.24. The van der Waals surface area contributed by atoms with Gasteiger partial charge in [-0.15, -0.1) is 11.3 Å². The van der Waals surface area contributed by atoms with Crippen molar-refractivity contribution in [3.05, 3.63) is 16.8 Å². The SMILES string of the molecule is C[C@@H]1CCc2c(sc3ncnc(N[C@@H](C)C(=O)O)c23)C1. The molecule has 0 aromatic carbocycles. The fourth-order valence-corrected chi connectivity index (χ4v) is 4.00. The molecule has 0 amide bonds. The topological polar surface area (TPSA) is 75.1 Å². The van der Waals surface area contributed by atoms with Gasteiger partial charge in [-0.05, 0) is 37.7 Å². The summed E-state index contributed by atoms with van der Waals surface area (Å²) >= 11 is 1.71. The molecule has 106 valence electrons. The van der Waals surface area contributed by atoms with Crippen LogP contribution < -0.4 is 5.32 Å². The minimum absolute atomic E-state index is 0.650. The molecular weight excluding hydrogens is 274 g/mol. The highest BCUT2D eigenvalue weighted by molar-refractivity contribution is 7.19. The van der Waals surface area contributed by atoms with Crippen molar-refractivity contribution in [2.75, 3.05) is 5.32 Å². The first-order valence-corrected chi connectivity index (χ1v) is 7.62. The van der Waals surface area contributed by atoms with Crippen LogP contribution in [0, 0.1) is 5.92 Å². The van der Waals surface area contributed by atoms with E-state index >= 15 is 0 Å². The maximum Gasteiger partial charge on any atom is 0.325 e. The molecule has 3 rings (SSSR count). The number of anilines is 1. The van der Waals surface area contributed by atoms with Gasteiger partial charge in [-0.2, -0.15) is 0 Å². The van der Waals surface area contributed by atoms with Crippen molar-refractivity contribution in [3.8, 4) is 0 Å². The highest BCUT2D eigenvalue weighted by Gasteiger charge is 2.24. The standard InChI is InChI=1S/C14H17N3O2S/c1-7-3-4-9-10(5-7)20-13-11(9)12(15-6-16-13)17-8(2)14(18)19/h6-8H,3-5H2,1-2H3,(H,18,19)(H,15,16,17)/t7-,8+/m1/s1. The largest absolute Gasteiger partial charge is 0.480 e. The van der Waals surface area contributed by atoms with Crippen LogP contribution in [0.1, 0.15) is 30.7 Å². The number of aromatic nitrogens is 2. The first-order chi connectivity index (χ1) is 9.56. The molecule has 0 radical (unpaired) electrons. The zero-order chi connectivity index (χ0) is 14.3. The monoisotopic (exact) mass is 291 g/mol. The molecule has 1 aliphatic rings. The summed E-state index contributed by atoms with van der Waals surface area (Å²) in [5.41, 5.74) is 1.31. The summed E-state index contributed by atoms with van der Waals surface area (Å²) in [6.07, 6.45) is 4.79. The van der Waals surface area contributed by atoms with Gasteiger partial charge in [-0.3, -0.25) is 4.79 Å². The number of carbonyl (C=O) groups is 1. The number of carboxylic acid groups (broad SMARTS) is 1. The summed E-state index contributed by atoms with van der Waals surface area (Å²) in [5.74, 6) is 0.476. The van der Waals surface area contributed by atoms with Gasteiger partial charge >= 0.3 is 5.97 Å². The van der Waals surface area contributed by atoms with E-state index in [1.807, 2.05) is 0 Å². The maximum atomic E-state index is 11.0. The van der Waals surface area contributed by atoms with Crippen molar-refractivity contribution >= 4 is 33.3 Å². The van der Waals surface area contributed by atoms with E-state index in [4.69, 9.17) is 5.11 Å². The Morgan fingerprint density at radius 2 is 2.35 bits per heavy atom. The molecular formula is C14H17N3O2S. The number of hydrogen-bond acceptors (Lipinski definition) is 5. The molecule has 2 aromatic rings. The molecule has 2 aromatic heterocycles. The van der Waals surface area contributed by atoms with Gasteiger partial charge in [0.15, 0.2) is 0 Å². The van der Waals surface area contributed by atoms with Gasteiger partial charge in [-0.1, -0.05) is 6.92 Å². The lowest BCUT2D eigenvalue weighted by molar-refractivity contribution is -0.137. The highest BCUT2D eigenvalue weighted by atomic mass is 32.1. The lowest BCUT2D eigenvalue weighted by atomic mass is 9.89. The van der Waals surface area contributed by atoms with Crippen LogP contribution in [0.3, 0.4) is 0 Å². The second-order valence-electron chi connectivity index (χ2n) is 5.46. The Kier molecular flexibility index (Phi) is 3.33. The van der Waals surface area contributed by atoms with Crippen molar-refractivity contribution in [1.82, 2.24) is 9.97 Å². The molecule has 20 heavy (non-hydrogen) atoms. The van der Waals surface area contributed by atoms with Crippen LogP contribution in [-0.2, 0) is 17.6 Å². The van der Waals surface area contributed by atoms with Crippen LogP contribution in [0.5, 0.6) is 0 Å². The second kappa shape index (κ2) is 5.01. The molecule has 2 atom stereocenters. The third-order valence-corrected chi connectivity index (χ3v) is 4.98. The summed E-state index contributed by atoms with van der Waals surface area (Å²) in [6, 6.07) is -0.661. The number of nitrogens with one attached hydrogen (secondary N) is 1. The fourth-order valence-electron chi connectivity index (χ4n) is 2.65. The van der Waals surface area contributed by atoms with Gasteiger partial charge in [-0.25, -0.2) is 9.97 Å². The molecule has 5 nitrogen and oxygen atoms in total. The molecule has 0 saturated carbocycles. The van der Waals surface area contributed by atoms with E-state index in [-0.39, 0.29) is 0 Å². The van der Waals surface area contributed by atoms with Crippen LogP contribution in [0.2, 0.25) is 0 Å². The lowest BCUT2D eigenvalue weighted by Crippen LogP contribution is -2.26. The maximum absolute atomic E-state index is 11.0. The van der Waals surface area contributed by atoms with Crippen LogP contribution in [-0.4, -0.2) is 27.1 Å². The van der Waals surface area contributed by atoms with Crippen LogP contribution in [0.25, 0.3) is 10.2 Å². The van der Waals surface area contributed by atoms with Gasteiger partial charge in [0.2, 0.25) is 0 Å². The first-order valence-electron chi connectivity index (χ1n) is 6.81. The Hall–Kier alpha value is -1.69. The quantitative estimate of drug-likeness (QED) is 0.909. The summed E-state index contributed by atoms with van der Waals surface area (Å²) < 4.78 is 0. The van der Waals surface area contributed by atoms with Gasteiger partial charge in [0.1, 0.15) is 23.0 Å². The molecule has 2 heterocycles. The Labute approximate surface area is 121 Å². The number of rotatable bonds is 3. The lowest BCUT2D eigenvalue weighted by Gasteiger charge is -2.18. The summed E-state index contributed by atoms with van der Waals surface area (Å²) in [7, 11) is 0. The van der Waals surface area contributed by atoms with Crippen LogP contribution >= 0.6 is 11.3 Å². The van der Waals surface area contributed by atoms with Crippen LogP contribution in [0.4, 0.5) is 5.82 Å². The number of thiophene rings is 1. The smallest absolute Gasteiger partial charge is 0.325 e. The summed E-state index contributed by atoms with van der Waals surface area (Å²) in [6.45, 7) is 3.89. The Balaban J connectivity index is 2.07. The second-order valence-corrected chi connectivity index (χ2v) is 6.54. The predicted molar refractivity (Wildman–Crippen MR) is 79.3 cm³/mol. The number of hydrogen-bond donors (Lipinski definition) is 2. The van der Waals surface area contributed by atoms with E-state index < -0.39 is 12.0 Å². The van der Waals surface area contributed by atoms with Crippen molar-refractivity contribution in [2.45, 2.75) is 39.2 Å². The molecule has 0 fully saturated rings. The number of aliphatic carboxylic acids is 1. The van der Waals surface area contributed by atoms with Gasteiger partial charge in [0, 0.05) is 4.88 Å². The van der Waals surface area contributed by atoms with Crippen molar-refractivity contribution in [1.29, 1.82) is 0 Å². The molecule has 6 heteroatoms. The Morgan fingerprint density at radius 1 is 1.55 bits per heavy atom. The zero-order valence-electron chi connectivity index (χ0n) is 11.5. The molecule has 0 unspecified atom stereocenters. The van der Waals surface area contributed by atoms with Crippen molar-refractivity contribution < 1.29 is 9.90 Å². The fraction of sp³-hybridized carbons (Fsp3) is 0.500. The van der Waals surface area contributed by atoms with E-state index in [1.165, 1.54) is 23.2 Å². The van der Waals surface area contributed by atoms with E-state index in [2.05, 4.69) is 22.2 Å². The van der Waals surface area contributed by atoms with Gasteiger partial charge in [0.05, 0.1) is 5.39 Å². The average molecular weight is 291 g/mol. The van der Waals surface area contributed by atoms with E-state index in [1.54, 1.807) is 18.3 Å². The van der Waals surface area contributed by atoms with Crippen molar-refractivity contribution in [2.24, 2.45) is 5.92 Å². The number of nitrogens with zero attached hydrogens (tertiary/aromatic N) is 2. The van der Waals surface area contributed by atoms with Crippen LogP contribution in [0.15, 0.2) is 6.33 Å². The van der Waals surface area contributed by atoms with Crippen molar-refractivity contribution in [3.63, 3.8) is 0 Å². The Morgan fingerprint density at radius 3 is 3.10 bits per heavy atom. The molecule has 0 bridgehead atoms. The molecule has 0 saturated heterocycles. The third-order valence-electron chi connectivity index (χ3n) is 3.82. The van der Waals surface area contributed by atoms with E-state index in [0.717, 1.165) is 23.1 Å². The normalized spacial score (nSPS) is 19.6. The van der Waals surface area contributed by atoms with Gasteiger partial charge < -0.3 is 10.4 Å². The Bertz CT molecular complexity index is 668. The molecule has 2 N–H and O–H groups in total. The first kappa shape index (κ1) is 13.3. The number of aryl methyl sites for hydroxylation is 1. The van der Waals surface area contributed by atoms with E-state index in [0.29, 0.717) is 11.7 Å². The van der Waals surface area contributed by atoms with E-state index in [9.17, 15) is 4.79 Å². The number of carboxylic acids is 1. The zero-order valence-corrected chi connectivity index (χ0v) is 12.3. The van der Waals surface area contributed by atoms with Gasteiger partial charge in [0.25, 0.3) is 0 Å². The molecule has 0 spiro atoms. The summed E-state index contributed by atoms with van der Waals surface area (Å²) in [5, 5.41) is 13.0.